The van der Waals surface area contributed by atoms with E-state index in [1.165, 1.54) is 11.1 Å². The number of nitro benzene ring substituents is 1. The van der Waals surface area contributed by atoms with E-state index in [4.69, 9.17) is 0 Å². The van der Waals surface area contributed by atoms with Crippen molar-refractivity contribution in [3.8, 4) is 0 Å². The smallest absolute Gasteiger partial charge is 0.270 e. The molecule has 26 heavy (non-hydrogen) atoms. The van der Waals surface area contributed by atoms with Crippen LogP contribution in [0.2, 0.25) is 0 Å². The van der Waals surface area contributed by atoms with Gasteiger partial charge in [0.25, 0.3) is 5.69 Å². The van der Waals surface area contributed by atoms with Crippen LogP contribution >= 0.6 is 0 Å². The molecule has 2 heterocycles. The molecule has 0 saturated carbocycles. The molecule has 1 N–H and O–H groups in total. The zero-order valence-electron chi connectivity index (χ0n) is 13.8. The summed E-state index contributed by atoms with van der Waals surface area (Å²) in [6.45, 7) is 2.83. The predicted molar refractivity (Wildman–Crippen MR) is 106 cm³/mol. The molecular formula is C21H23N3O2. The lowest BCUT2D eigenvalue weighted by Gasteiger charge is -2.26. The van der Waals surface area contributed by atoms with Gasteiger partial charge in [-0.05, 0) is 23.6 Å². The number of nitrogens with one attached hydrogen (secondary N) is 1. The van der Waals surface area contributed by atoms with Gasteiger partial charge in [0.05, 0.1) is 4.92 Å². The molecule has 2 aromatic carbocycles. The Morgan fingerprint density at radius 2 is 1.96 bits per heavy atom. The Kier molecular flexibility index (Phi) is 5.19. The number of hydrogen-bond donors (Lipinski definition) is 1. The zero-order chi connectivity index (χ0) is 17.2. The number of nitrogens with zero attached hydrogens (tertiary/aromatic N) is 2. The first-order valence-corrected chi connectivity index (χ1v) is 8.42. The third kappa shape index (κ3) is 3.53. The molecule has 0 fully saturated rings. The van der Waals surface area contributed by atoms with Gasteiger partial charge < -0.3 is 4.98 Å². The number of H-pyrrole nitrogens is 1. The Morgan fingerprint density at radius 1 is 1.15 bits per heavy atom. The van der Waals surface area contributed by atoms with Gasteiger partial charge in [0.1, 0.15) is 0 Å². The number of non-ortho nitro benzene ring substituents is 1. The van der Waals surface area contributed by atoms with Crippen LogP contribution in [0.4, 0.5) is 5.69 Å². The molecule has 5 heteroatoms. The van der Waals surface area contributed by atoms with Gasteiger partial charge in [-0.15, -0.1) is 0 Å². The SMILES string of the molecule is C.O=[N+]([O-])c1ccc2[nH]cc(C3=CCN(Cc4ccccc4)CC3)c2c1. The molecule has 0 unspecified atom stereocenters. The van der Waals surface area contributed by atoms with Crippen molar-refractivity contribution in [1.82, 2.24) is 9.88 Å². The molecule has 134 valence electrons. The first-order chi connectivity index (χ1) is 12.2. The summed E-state index contributed by atoms with van der Waals surface area (Å²) in [5.41, 5.74) is 4.74. The lowest BCUT2D eigenvalue weighted by atomic mass is 9.98. The average Bonchev–Trinajstić information content (AvgIpc) is 3.06. The molecule has 4 rings (SSSR count). The summed E-state index contributed by atoms with van der Waals surface area (Å²) in [5, 5.41) is 12.0. The number of aromatic nitrogens is 1. The van der Waals surface area contributed by atoms with Crippen LogP contribution in [0.5, 0.6) is 0 Å². The van der Waals surface area contributed by atoms with Gasteiger partial charge in [0.15, 0.2) is 0 Å². The molecule has 3 aromatic rings. The molecule has 0 radical (unpaired) electrons. The van der Waals surface area contributed by atoms with Gasteiger partial charge in [-0.2, -0.15) is 0 Å². The van der Waals surface area contributed by atoms with Crippen LogP contribution in [0.15, 0.2) is 60.8 Å². The lowest BCUT2D eigenvalue weighted by molar-refractivity contribution is -0.384. The van der Waals surface area contributed by atoms with E-state index in [1.54, 1.807) is 18.2 Å². The highest BCUT2D eigenvalue weighted by molar-refractivity contribution is 5.94. The van der Waals surface area contributed by atoms with Crippen molar-refractivity contribution in [3.63, 3.8) is 0 Å². The van der Waals surface area contributed by atoms with Crippen LogP contribution in [-0.4, -0.2) is 27.9 Å². The first-order valence-electron chi connectivity index (χ1n) is 8.42. The third-order valence-electron chi connectivity index (χ3n) is 4.76. The molecule has 0 spiro atoms. The number of benzene rings is 2. The van der Waals surface area contributed by atoms with Crippen molar-refractivity contribution in [2.75, 3.05) is 13.1 Å². The van der Waals surface area contributed by atoms with E-state index in [2.05, 4.69) is 40.2 Å². The summed E-state index contributed by atoms with van der Waals surface area (Å²) < 4.78 is 0. The minimum atomic E-state index is -0.340. The molecule has 1 aliphatic heterocycles. The fraction of sp³-hybridized carbons (Fsp3) is 0.238. The van der Waals surface area contributed by atoms with Crippen LogP contribution < -0.4 is 0 Å². The van der Waals surface area contributed by atoms with E-state index in [-0.39, 0.29) is 18.0 Å². The van der Waals surface area contributed by atoms with Crippen LogP contribution in [-0.2, 0) is 6.54 Å². The monoisotopic (exact) mass is 349 g/mol. The van der Waals surface area contributed by atoms with Crippen molar-refractivity contribution in [1.29, 1.82) is 0 Å². The molecule has 5 nitrogen and oxygen atoms in total. The van der Waals surface area contributed by atoms with E-state index in [1.807, 2.05) is 12.3 Å². The Hall–Kier alpha value is -2.92. The zero-order valence-corrected chi connectivity index (χ0v) is 13.8. The van der Waals surface area contributed by atoms with E-state index >= 15 is 0 Å². The Morgan fingerprint density at radius 3 is 2.65 bits per heavy atom. The standard InChI is InChI=1S/C20H19N3O2.CH4/c24-23(25)17-6-7-20-18(12-17)19(13-21-20)16-8-10-22(11-9-16)14-15-4-2-1-3-5-15;/h1-8,12-13,21H,9-11,14H2;1H4. The molecule has 1 aromatic heterocycles. The summed E-state index contributed by atoms with van der Waals surface area (Å²) in [7, 11) is 0. The van der Waals surface area contributed by atoms with Crippen molar-refractivity contribution in [3.05, 3.63) is 82.0 Å². The molecule has 0 atom stereocenters. The number of hydrogen-bond acceptors (Lipinski definition) is 3. The van der Waals surface area contributed by atoms with Gasteiger partial charge in [-0.25, -0.2) is 0 Å². The van der Waals surface area contributed by atoms with Crippen molar-refractivity contribution >= 4 is 22.2 Å². The van der Waals surface area contributed by atoms with E-state index < -0.39 is 0 Å². The third-order valence-corrected chi connectivity index (χ3v) is 4.76. The first kappa shape index (κ1) is 17.9. The Balaban J connectivity index is 0.00000196. The fourth-order valence-electron chi connectivity index (χ4n) is 3.43. The second-order valence-corrected chi connectivity index (χ2v) is 6.39. The van der Waals surface area contributed by atoms with Crippen molar-refractivity contribution in [2.45, 2.75) is 20.4 Å². The minimum Gasteiger partial charge on any atom is -0.361 e. The van der Waals surface area contributed by atoms with Crippen LogP contribution in [0.1, 0.15) is 25.0 Å². The van der Waals surface area contributed by atoms with Crippen molar-refractivity contribution in [2.24, 2.45) is 0 Å². The fourth-order valence-corrected chi connectivity index (χ4v) is 3.43. The molecular weight excluding hydrogens is 326 g/mol. The van der Waals surface area contributed by atoms with Gasteiger partial charge >= 0.3 is 0 Å². The Bertz CT molecular complexity index is 944. The molecule has 0 amide bonds. The molecule has 0 aliphatic carbocycles. The molecule has 0 bridgehead atoms. The number of nitro groups is 1. The summed E-state index contributed by atoms with van der Waals surface area (Å²) in [6.07, 6.45) is 5.16. The summed E-state index contributed by atoms with van der Waals surface area (Å²) >= 11 is 0. The van der Waals surface area contributed by atoms with Crippen LogP contribution in [0.3, 0.4) is 0 Å². The van der Waals surface area contributed by atoms with E-state index in [0.717, 1.165) is 42.5 Å². The maximum Gasteiger partial charge on any atom is 0.270 e. The summed E-state index contributed by atoms with van der Waals surface area (Å²) in [5.74, 6) is 0. The maximum atomic E-state index is 11.0. The highest BCUT2D eigenvalue weighted by atomic mass is 16.6. The second kappa shape index (κ2) is 7.54. The number of aromatic amines is 1. The largest absolute Gasteiger partial charge is 0.361 e. The van der Waals surface area contributed by atoms with Gasteiger partial charge in [0.2, 0.25) is 0 Å². The highest BCUT2D eigenvalue weighted by Crippen LogP contribution is 2.31. The van der Waals surface area contributed by atoms with E-state index in [0.29, 0.717) is 0 Å². The second-order valence-electron chi connectivity index (χ2n) is 6.39. The quantitative estimate of drug-likeness (QED) is 0.532. The summed E-state index contributed by atoms with van der Waals surface area (Å²) in [4.78, 5) is 16.3. The minimum absolute atomic E-state index is 0. The highest BCUT2D eigenvalue weighted by Gasteiger charge is 2.17. The Labute approximate surface area is 153 Å². The predicted octanol–water partition coefficient (Wildman–Crippen LogP) is 5.00. The average molecular weight is 349 g/mol. The number of fused-ring (bicyclic) bond motifs is 1. The van der Waals surface area contributed by atoms with Crippen LogP contribution in [0, 0.1) is 10.1 Å². The van der Waals surface area contributed by atoms with Gasteiger partial charge in [-0.3, -0.25) is 15.0 Å². The number of rotatable bonds is 4. The maximum absolute atomic E-state index is 11.0. The van der Waals surface area contributed by atoms with Crippen LogP contribution in [0.25, 0.3) is 16.5 Å². The molecule has 1 aliphatic rings. The molecule has 0 saturated heterocycles. The van der Waals surface area contributed by atoms with Crippen molar-refractivity contribution < 1.29 is 4.92 Å². The summed E-state index contributed by atoms with van der Waals surface area (Å²) in [6, 6.07) is 15.5. The lowest BCUT2D eigenvalue weighted by Crippen LogP contribution is -2.27. The van der Waals surface area contributed by atoms with Gasteiger partial charge in [0, 0.05) is 54.4 Å². The van der Waals surface area contributed by atoms with E-state index in [9.17, 15) is 10.1 Å². The normalized spacial score (nSPS) is 14.7. The van der Waals surface area contributed by atoms with Gasteiger partial charge in [-0.1, -0.05) is 43.8 Å². The topological polar surface area (TPSA) is 62.2 Å².